The van der Waals surface area contributed by atoms with E-state index in [-0.39, 0.29) is 23.8 Å². The van der Waals surface area contributed by atoms with Crippen molar-refractivity contribution in [1.29, 1.82) is 0 Å². The van der Waals surface area contributed by atoms with Gasteiger partial charge in [-0.1, -0.05) is 20.3 Å². The van der Waals surface area contributed by atoms with Gasteiger partial charge in [-0.25, -0.2) is 4.98 Å². The number of nitrogens with one attached hydrogen (secondary N) is 1. The first-order chi connectivity index (χ1) is 11.5. The molecule has 2 aliphatic rings. The molecule has 2 heterocycles. The van der Waals surface area contributed by atoms with E-state index >= 15 is 0 Å². The maximum atomic E-state index is 12.5. The number of aromatic nitrogens is 1. The van der Waals surface area contributed by atoms with E-state index in [9.17, 15) is 9.59 Å². The molecule has 0 bridgehead atoms. The second kappa shape index (κ2) is 7.64. The molecule has 3 rings (SSSR count). The van der Waals surface area contributed by atoms with Crippen LogP contribution in [0.2, 0.25) is 0 Å². The number of thiazole rings is 1. The Kier molecular flexibility index (Phi) is 5.54. The summed E-state index contributed by atoms with van der Waals surface area (Å²) >= 11 is 1.49. The van der Waals surface area contributed by atoms with Crippen LogP contribution in [0.15, 0.2) is 5.38 Å². The van der Waals surface area contributed by atoms with E-state index in [1.807, 2.05) is 10.3 Å². The molecule has 1 aromatic rings. The van der Waals surface area contributed by atoms with Crippen molar-refractivity contribution in [2.45, 2.75) is 58.4 Å². The molecule has 1 saturated carbocycles. The lowest BCUT2D eigenvalue weighted by atomic mass is 9.84. The summed E-state index contributed by atoms with van der Waals surface area (Å²) in [6.45, 7) is 5.96. The topological polar surface area (TPSA) is 62.3 Å². The van der Waals surface area contributed by atoms with E-state index in [2.05, 4.69) is 24.1 Å². The fourth-order valence-electron chi connectivity index (χ4n) is 3.28. The Bertz CT molecular complexity index is 589. The lowest BCUT2D eigenvalue weighted by Gasteiger charge is -2.27. The molecule has 24 heavy (non-hydrogen) atoms. The van der Waals surface area contributed by atoms with Gasteiger partial charge in [0, 0.05) is 24.4 Å². The SMILES string of the molecule is CC(C)C[C@H](NC(=O)C1CCC1)c1nc(C(=O)N2CCCC2)cs1. The lowest BCUT2D eigenvalue weighted by molar-refractivity contribution is -0.128. The maximum absolute atomic E-state index is 12.5. The van der Waals surface area contributed by atoms with Gasteiger partial charge in [0.15, 0.2) is 0 Å². The summed E-state index contributed by atoms with van der Waals surface area (Å²) in [6, 6.07) is -0.0803. The van der Waals surface area contributed by atoms with Crippen LogP contribution in [0, 0.1) is 11.8 Å². The fourth-order valence-corrected chi connectivity index (χ4v) is 4.14. The molecule has 0 spiro atoms. The van der Waals surface area contributed by atoms with Crippen LogP contribution in [0.25, 0.3) is 0 Å². The van der Waals surface area contributed by atoms with Crippen molar-refractivity contribution in [3.63, 3.8) is 0 Å². The predicted molar refractivity (Wildman–Crippen MR) is 94.9 cm³/mol. The predicted octanol–water partition coefficient (Wildman–Crippen LogP) is 3.38. The number of nitrogens with zero attached hydrogens (tertiary/aromatic N) is 2. The van der Waals surface area contributed by atoms with Crippen molar-refractivity contribution < 1.29 is 9.59 Å². The summed E-state index contributed by atoms with van der Waals surface area (Å²) in [5.74, 6) is 0.807. The van der Waals surface area contributed by atoms with E-state index in [0.29, 0.717) is 11.6 Å². The molecule has 2 amide bonds. The van der Waals surface area contributed by atoms with Crippen molar-refractivity contribution in [3.05, 3.63) is 16.1 Å². The van der Waals surface area contributed by atoms with Gasteiger partial charge in [0.1, 0.15) is 10.7 Å². The molecule has 1 aromatic heterocycles. The molecule has 0 radical (unpaired) electrons. The Labute approximate surface area is 147 Å². The summed E-state index contributed by atoms with van der Waals surface area (Å²) < 4.78 is 0. The summed E-state index contributed by atoms with van der Waals surface area (Å²) in [4.78, 5) is 31.3. The fraction of sp³-hybridized carbons (Fsp3) is 0.722. The Morgan fingerprint density at radius 1 is 1.29 bits per heavy atom. The normalized spacial score (nSPS) is 19.4. The Morgan fingerprint density at radius 2 is 2.00 bits per heavy atom. The van der Waals surface area contributed by atoms with Gasteiger partial charge in [0.2, 0.25) is 5.91 Å². The van der Waals surface area contributed by atoms with Crippen molar-refractivity contribution in [2.24, 2.45) is 11.8 Å². The van der Waals surface area contributed by atoms with Crippen LogP contribution in [-0.4, -0.2) is 34.8 Å². The van der Waals surface area contributed by atoms with Crippen LogP contribution < -0.4 is 5.32 Å². The van der Waals surface area contributed by atoms with Crippen molar-refractivity contribution >= 4 is 23.2 Å². The Hall–Kier alpha value is -1.43. The van der Waals surface area contributed by atoms with Crippen LogP contribution in [0.3, 0.4) is 0 Å². The van der Waals surface area contributed by atoms with E-state index in [1.165, 1.54) is 11.3 Å². The highest BCUT2D eigenvalue weighted by molar-refractivity contribution is 7.09. The largest absolute Gasteiger partial charge is 0.347 e. The third-order valence-corrected chi connectivity index (χ3v) is 5.89. The van der Waals surface area contributed by atoms with Crippen LogP contribution in [0.1, 0.15) is 73.9 Å². The number of hydrogen-bond donors (Lipinski definition) is 1. The summed E-state index contributed by atoms with van der Waals surface area (Å²) in [6.07, 6.45) is 6.15. The molecule has 1 saturated heterocycles. The lowest BCUT2D eigenvalue weighted by Crippen LogP contribution is -2.37. The average molecular weight is 350 g/mol. The molecular formula is C18H27N3O2S. The third kappa shape index (κ3) is 3.97. The molecule has 1 aliphatic carbocycles. The van der Waals surface area contributed by atoms with Crippen LogP contribution in [0.4, 0.5) is 0 Å². The van der Waals surface area contributed by atoms with E-state index < -0.39 is 0 Å². The molecule has 1 atom stereocenters. The number of hydrogen-bond acceptors (Lipinski definition) is 4. The van der Waals surface area contributed by atoms with Crippen LogP contribution in [0.5, 0.6) is 0 Å². The highest BCUT2D eigenvalue weighted by Crippen LogP contribution is 2.30. The Morgan fingerprint density at radius 3 is 2.58 bits per heavy atom. The van der Waals surface area contributed by atoms with E-state index in [4.69, 9.17) is 0 Å². The zero-order valence-corrected chi connectivity index (χ0v) is 15.4. The first kappa shape index (κ1) is 17.4. The van der Waals surface area contributed by atoms with E-state index in [1.54, 1.807) is 0 Å². The second-order valence-corrected chi connectivity index (χ2v) is 8.28. The van der Waals surface area contributed by atoms with Gasteiger partial charge in [-0.2, -0.15) is 0 Å². The van der Waals surface area contributed by atoms with Crippen molar-refractivity contribution in [1.82, 2.24) is 15.2 Å². The Balaban J connectivity index is 1.69. The summed E-state index contributed by atoms with van der Waals surface area (Å²) in [7, 11) is 0. The van der Waals surface area contributed by atoms with Gasteiger partial charge >= 0.3 is 0 Å². The minimum Gasteiger partial charge on any atom is -0.347 e. The molecule has 1 N–H and O–H groups in total. The number of likely N-dealkylation sites (tertiary alicyclic amines) is 1. The highest BCUT2D eigenvalue weighted by Gasteiger charge is 2.29. The van der Waals surface area contributed by atoms with Crippen molar-refractivity contribution in [3.8, 4) is 0 Å². The van der Waals surface area contributed by atoms with Gasteiger partial charge in [-0.3, -0.25) is 9.59 Å². The summed E-state index contributed by atoms with van der Waals surface area (Å²) in [5.41, 5.74) is 0.531. The first-order valence-electron chi connectivity index (χ1n) is 9.09. The number of carbonyl (C=O) groups is 2. The van der Waals surface area contributed by atoms with Crippen LogP contribution >= 0.6 is 11.3 Å². The van der Waals surface area contributed by atoms with Gasteiger partial charge in [0.05, 0.1) is 6.04 Å². The highest BCUT2D eigenvalue weighted by atomic mass is 32.1. The molecule has 1 aliphatic heterocycles. The minimum atomic E-state index is -0.0803. The number of carbonyl (C=O) groups excluding carboxylic acids is 2. The minimum absolute atomic E-state index is 0.0311. The van der Waals surface area contributed by atoms with Gasteiger partial charge < -0.3 is 10.2 Å². The standard InChI is InChI=1S/C18H27N3O2S/c1-12(2)10-14(19-16(22)13-6-5-7-13)17-20-15(11-24-17)18(23)21-8-3-4-9-21/h11-14H,3-10H2,1-2H3,(H,19,22)/t14-/m0/s1. The molecule has 0 aromatic carbocycles. The van der Waals surface area contributed by atoms with E-state index in [0.717, 1.165) is 56.6 Å². The van der Waals surface area contributed by atoms with Gasteiger partial charge in [-0.15, -0.1) is 11.3 Å². The zero-order chi connectivity index (χ0) is 17.1. The molecule has 2 fully saturated rings. The summed E-state index contributed by atoms with van der Waals surface area (Å²) in [5, 5.41) is 5.88. The quantitative estimate of drug-likeness (QED) is 0.856. The molecule has 0 unspecified atom stereocenters. The zero-order valence-electron chi connectivity index (χ0n) is 14.6. The van der Waals surface area contributed by atoms with Crippen molar-refractivity contribution in [2.75, 3.05) is 13.1 Å². The monoisotopic (exact) mass is 349 g/mol. The van der Waals surface area contributed by atoms with Gasteiger partial charge in [0.25, 0.3) is 5.91 Å². The molecular weight excluding hydrogens is 322 g/mol. The van der Waals surface area contributed by atoms with Gasteiger partial charge in [-0.05, 0) is 38.0 Å². The smallest absolute Gasteiger partial charge is 0.273 e. The maximum Gasteiger partial charge on any atom is 0.273 e. The average Bonchev–Trinajstić information content (AvgIpc) is 3.15. The first-order valence-corrected chi connectivity index (χ1v) is 9.97. The molecule has 132 valence electrons. The number of amides is 2. The third-order valence-electron chi connectivity index (χ3n) is 4.93. The molecule has 6 heteroatoms. The van der Waals surface area contributed by atoms with Crippen LogP contribution in [-0.2, 0) is 4.79 Å². The molecule has 5 nitrogen and oxygen atoms in total. The number of rotatable bonds is 6. The second-order valence-electron chi connectivity index (χ2n) is 7.39.